The van der Waals surface area contributed by atoms with Gasteiger partial charge in [0.1, 0.15) is 11.6 Å². The Kier molecular flexibility index (Phi) is 6.09. The van der Waals surface area contributed by atoms with Crippen molar-refractivity contribution < 1.29 is 4.79 Å². The van der Waals surface area contributed by atoms with E-state index in [2.05, 4.69) is 47.7 Å². The zero-order valence-corrected chi connectivity index (χ0v) is 17.2. The van der Waals surface area contributed by atoms with Gasteiger partial charge in [-0.3, -0.25) is 9.69 Å². The van der Waals surface area contributed by atoms with E-state index in [1.54, 1.807) is 0 Å². The molecule has 0 N–H and O–H groups in total. The van der Waals surface area contributed by atoms with Crippen LogP contribution in [0, 0.1) is 0 Å². The first-order chi connectivity index (χ1) is 12.5. The van der Waals surface area contributed by atoms with Gasteiger partial charge in [0.15, 0.2) is 0 Å². The number of fused-ring (bicyclic) bond motifs is 1. The van der Waals surface area contributed by atoms with E-state index < -0.39 is 0 Å². The second-order valence-corrected chi connectivity index (χ2v) is 7.56. The Balaban J connectivity index is 1.70. The number of benzene rings is 1. The minimum Gasteiger partial charge on any atom is -0.342 e. The fourth-order valence-electron chi connectivity index (χ4n) is 3.48. The number of nitrogens with zero attached hydrogens (tertiary/aromatic N) is 5. The third-order valence-electron chi connectivity index (χ3n) is 5.09. The lowest BCUT2D eigenvalue weighted by atomic mass is 10.1. The average molecular weight is 420 g/mol. The van der Waals surface area contributed by atoms with Crippen LogP contribution in [0.1, 0.15) is 38.0 Å². The van der Waals surface area contributed by atoms with Crippen LogP contribution in [0.5, 0.6) is 0 Å². The van der Waals surface area contributed by atoms with Crippen LogP contribution in [0.25, 0.3) is 0 Å². The highest BCUT2D eigenvalue weighted by Gasteiger charge is 2.29. The molecule has 6 nitrogen and oxygen atoms in total. The lowest BCUT2D eigenvalue weighted by molar-refractivity contribution is -0.136. The number of aromatic nitrogens is 3. The van der Waals surface area contributed by atoms with Gasteiger partial charge in [-0.2, -0.15) is 0 Å². The van der Waals surface area contributed by atoms with E-state index in [9.17, 15) is 4.79 Å². The Morgan fingerprint density at radius 2 is 2.04 bits per heavy atom. The zero-order chi connectivity index (χ0) is 18.7. The molecule has 0 saturated heterocycles. The van der Waals surface area contributed by atoms with Gasteiger partial charge >= 0.3 is 0 Å². The third kappa shape index (κ3) is 3.99. The van der Waals surface area contributed by atoms with Gasteiger partial charge in [-0.25, -0.2) is 0 Å². The zero-order valence-electron chi connectivity index (χ0n) is 15.7. The molecule has 0 spiro atoms. The summed E-state index contributed by atoms with van der Waals surface area (Å²) < 4.78 is 3.27. The second kappa shape index (κ2) is 8.31. The summed E-state index contributed by atoms with van der Waals surface area (Å²) in [4.78, 5) is 16.7. The lowest BCUT2D eigenvalue weighted by Crippen LogP contribution is -2.49. The summed E-state index contributed by atoms with van der Waals surface area (Å²) >= 11 is 3.52. The van der Waals surface area contributed by atoms with Crippen LogP contribution in [0.3, 0.4) is 0 Å². The number of amides is 1. The maximum absolute atomic E-state index is 12.6. The fourth-order valence-corrected chi connectivity index (χ4v) is 3.93. The molecule has 0 saturated carbocycles. The van der Waals surface area contributed by atoms with Crippen molar-refractivity contribution in [3.05, 3.63) is 46.0 Å². The highest BCUT2D eigenvalue weighted by atomic mass is 79.9. The SMILES string of the molecule is CCN(CC)C(=O)[C@@H](C)N1CCn2c(Cc3cccc(Br)c3)nnc2C1. The van der Waals surface area contributed by atoms with E-state index in [-0.39, 0.29) is 11.9 Å². The van der Waals surface area contributed by atoms with Gasteiger partial charge in [-0.05, 0) is 38.5 Å². The van der Waals surface area contributed by atoms with Crippen LogP contribution in [-0.4, -0.2) is 56.1 Å². The van der Waals surface area contributed by atoms with Gasteiger partial charge in [-0.1, -0.05) is 28.1 Å². The Morgan fingerprint density at radius 1 is 1.27 bits per heavy atom. The minimum absolute atomic E-state index is 0.131. The second-order valence-electron chi connectivity index (χ2n) is 6.65. The number of rotatable bonds is 6. The van der Waals surface area contributed by atoms with Crippen molar-refractivity contribution in [2.75, 3.05) is 19.6 Å². The van der Waals surface area contributed by atoms with Crippen LogP contribution < -0.4 is 0 Å². The Bertz CT molecular complexity index is 771. The van der Waals surface area contributed by atoms with Gasteiger partial charge in [0.2, 0.25) is 5.91 Å². The highest BCUT2D eigenvalue weighted by Crippen LogP contribution is 2.19. The molecule has 1 aliphatic heterocycles. The van der Waals surface area contributed by atoms with E-state index in [4.69, 9.17) is 0 Å². The van der Waals surface area contributed by atoms with E-state index in [1.807, 2.05) is 37.8 Å². The summed E-state index contributed by atoms with van der Waals surface area (Å²) in [5.41, 5.74) is 1.21. The highest BCUT2D eigenvalue weighted by molar-refractivity contribution is 9.10. The largest absolute Gasteiger partial charge is 0.342 e. The van der Waals surface area contributed by atoms with E-state index >= 15 is 0 Å². The Labute approximate surface area is 163 Å². The van der Waals surface area contributed by atoms with E-state index in [1.165, 1.54) is 5.56 Å². The van der Waals surface area contributed by atoms with Crippen molar-refractivity contribution in [3.8, 4) is 0 Å². The molecule has 140 valence electrons. The summed E-state index contributed by atoms with van der Waals surface area (Å²) in [6.07, 6.45) is 0.764. The van der Waals surface area contributed by atoms with Crippen LogP contribution in [-0.2, 0) is 24.3 Å². The standard InChI is InChI=1S/C19H26BrN5O/c1-4-23(5-2)19(26)14(3)24-9-10-25-17(21-22-18(25)13-24)12-15-7-6-8-16(20)11-15/h6-8,11,14H,4-5,9-10,12-13H2,1-3H3/t14-/m1/s1. The molecule has 0 unspecified atom stereocenters. The first kappa shape index (κ1) is 19.0. The number of hydrogen-bond donors (Lipinski definition) is 0. The predicted molar refractivity (Wildman–Crippen MR) is 105 cm³/mol. The molecule has 7 heteroatoms. The van der Waals surface area contributed by atoms with Crippen molar-refractivity contribution in [3.63, 3.8) is 0 Å². The molecule has 0 aliphatic carbocycles. The molecule has 0 bridgehead atoms. The molecule has 1 atom stereocenters. The monoisotopic (exact) mass is 419 g/mol. The Morgan fingerprint density at radius 3 is 2.73 bits per heavy atom. The van der Waals surface area contributed by atoms with E-state index in [0.717, 1.165) is 48.7 Å². The fraction of sp³-hybridized carbons (Fsp3) is 0.526. The number of hydrogen-bond acceptors (Lipinski definition) is 4. The van der Waals surface area contributed by atoms with E-state index in [0.29, 0.717) is 6.54 Å². The molecule has 2 heterocycles. The molecule has 1 aliphatic rings. The molecule has 26 heavy (non-hydrogen) atoms. The number of carbonyl (C=O) groups is 1. The molecule has 1 amide bonds. The minimum atomic E-state index is -0.131. The maximum atomic E-state index is 12.6. The van der Waals surface area contributed by atoms with Crippen molar-refractivity contribution >= 4 is 21.8 Å². The predicted octanol–water partition coefficient (Wildman–Crippen LogP) is 2.70. The summed E-state index contributed by atoms with van der Waals surface area (Å²) in [5, 5.41) is 8.79. The third-order valence-corrected chi connectivity index (χ3v) is 5.58. The van der Waals surface area contributed by atoms with Crippen molar-refractivity contribution in [2.45, 2.75) is 46.3 Å². The molecule has 2 aromatic rings. The molecule has 3 rings (SSSR count). The maximum Gasteiger partial charge on any atom is 0.239 e. The van der Waals surface area contributed by atoms with Crippen molar-refractivity contribution in [2.24, 2.45) is 0 Å². The quantitative estimate of drug-likeness (QED) is 0.721. The van der Waals surface area contributed by atoms with Crippen molar-refractivity contribution in [1.29, 1.82) is 0 Å². The number of likely N-dealkylation sites (N-methyl/N-ethyl adjacent to an activating group) is 1. The van der Waals surface area contributed by atoms with Crippen LogP contribution >= 0.6 is 15.9 Å². The summed E-state index contributed by atoms with van der Waals surface area (Å²) in [7, 11) is 0. The first-order valence-electron chi connectivity index (χ1n) is 9.21. The number of carbonyl (C=O) groups excluding carboxylic acids is 1. The van der Waals surface area contributed by atoms with Gasteiger partial charge in [0, 0.05) is 37.1 Å². The first-order valence-corrected chi connectivity index (χ1v) is 10.0. The lowest BCUT2D eigenvalue weighted by Gasteiger charge is -2.34. The smallest absolute Gasteiger partial charge is 0.239 e. The molecule has 1 aromatic heterocycles. The van der Waals surface area contributed by atoms with Crippen LogP contribution in [0.2, 0.25) is 0 Å². The van der Waals surface area contributed by atoms with Gasteiger partial charge in [0.25, 0.3) is 0 Å². The normalized spacial score (nSPS) is 15.5. The summed E-state index contributed by atoms with van der Waals surface area (Å²) in [6.45, 7) is 9.87. The van der Waals surface area contributed by atoms with Gasteiger partial charge in [0.05, 0.1) is 12.6 Å². The molecular formula is C19H26BrN5O. The van der Waals surface area contributed by atoms with Gasteiger partial charge < -0.3 is 9.47 Å². The number of halogens is 1. The molecule has 0 radical (unpaired) electrons. The topological polar surface area (TPSA) is 54.3 Å². The Hall–Kier alpha value is -1.73. The van der Waals surface area contributed by atoms with Crippen molar-refractivity contribution in [1.82, 2.24) is 24.6 Å². The molecule has 1 aromatic carbocycles. The van der Waals surface area contributed by atoms with Crippen LogP contribution in [0.4, 0.5) is 0 Å². The van der Waals surface area contributed by atoms with Crippen LogP contribution in [0.15, 0.2) is 28.7 Å². The molecule has 0 fully saturated rings. The van der Waals surface area contributed by atoms with Gasteiger partial charge in [-0.15, -0.1) is 10.2 Å². The average Bonchev–Trinajstić information content (AvgIpc) is 3.04. The summed E-state index contributed by atoms with van der Waals surface area (Å²) in [5.74, 6) is 2.12. The molecular weight excluding hydrogens is 394 g/mol. The summed E-state index contributed by atoms with van der Waals surface area (Å²) in [6, 6.07) is 8.15.